The highest BCUT2D eigenvalue weighted by Crippen LogP contribution is 2.27. The lowest BCUT2D eigenvalue weighted by molar-refractivity contribution is 0.482. The van der Waals surface area contributed by atoms with Crippen molar-refractivity contribution in [1.29, 1.82) is 0 Å². The average Bonchev–Trinajstić information content (AvgIpc) is 2.23. The summed E-state index contributed by atoms with van der Waals surface area (Å²) in [4.78, 5) is 0. The van der Waals surface area contributed by atoms with E-state index in [4.69, 9.17) is 0 Å². The van der Waals surface area contributed by atoms with E-state index in [9.17, 15) is 5.11 Å². The second-order valence-electron chi connectivity index (χ2n) is 3.11. The van der Waals surface area contributed by atoms with Crippen LogP contribution < -0.4 is 5.30 Å². The zero-order valence-electron chi connectivity index (χ0n) is 7.64. The molecule has 0 radical (unpaired) electrons. The average molecular weight is 202 g/mol. The lowest BCUT2D eigenvalue weighted by Crippen LogP contribution is -1.92. The van der Waals surface area contributed by atoms with Crippen LogP contribution in [0, 0.1) is 0 Å². The maximum atomic E-state index is 9.83. The number of benzene rings is 2. The van der Waals surface area contributed by atoms with Gasteiger partial charge in [0.2, 0.25) is 0 Å². The summed E-state index contributed by atoms with van der Waals surface area (Å²) >= 11 is 0. The topological polar surface area (TPSA) is 20.2 Å². The van der Waals surface area contributed by atoms with Crippen molar-refractivity contribution in [2.24, 2.45) is 0 Å². The van der Waals surface area contributed by atoms with Gasteiger partial charge in [-0.1, -0.05) is 48.5 Å². The largest absolute Gasteiger partial charge is 0.507 e. The van der Waals surface area contributed by atoms with Gasteiger partial charge in [-0.05, 0) is 5.56 Å². The van der Waals surface area contributed by atoms with E-state index in [0.717, 1.165) is 16.4 Å². The SMILES string of the molecule is Oc1c(P)cccc1-c1ccccc1. The first-order valence-electron chi connectivity index (χ1n) is 4.42. The predicted octanol–water partition coefficient (Wildman–Crippen LogP) is 2.56. The van der Waals surface area contributed by atoms with Crippen LogP contribution in [-0.4, -0.2) is 5.11 Å². The van der Waals surface area contributed by atoms with Crippen LogP contribution in [0.1, 0.15) is 0 Å². The van der Waals surface area contributed by atoms with Crippen molar-refractivity contribution < 1.29 is 5.11 Å². The van der Waals surface area contributed by atoms with Gasteiger partial charge in [0.05, 0.1) is 0 Å². The lowest BCUT2D eigenvalue weighted by atomic mass is 10.1. The molecule has 0 amide bonds. The number of phenols is 1. The number of para-hydroxylation sites is 1. The Morgan fingerprint density at radius 3 is 2.29 bits per heavy atom. The summed E-state index contributed by atoms with van der Waals surface area (Å²) < 4.78 is 0. The Morgan fingerprint density at radius 2 is 1.57 bits per heavy atom. The van der Waals surface area contributed by atoms with E-state index >= 15 is 0 Å². The molecule has 0 saturated heterocycles. The molecule has 0 aromatic heterocycles. The van der Waals surface area contributed by atoms with Crippen molar-refractivity contribution in [1.82, 2.24) is 0 Å². The van der Waals surface area contributed by atoms with E-state index in [2.05, 4.69) is 9.24 Å². The Kier molecular flexibility index (Phi) is 2.51. The molecular formula is C12H11OP. The molecule has 2 heteroatoms. The van der Waals surface area contributed by atoms with Crippen molar-refractivity contribution in [2.75, 3.05) is 0 Å². The van der Waals surface area contributed by atoms with Crippen LogP contribution in [0.4, 0.5) is 0 Å². The first-order chi connectivity index (χ1) is 6.79. The molecule has 1 unspecified atom stereocenters. The third-order valence-corrected chi connectivity index (χ3v) is 2.62. The summed E-state index contributed by atoms with van der Waals surface area (Å²) in [6.45, 7) is 0. The Hall–Kier alpha value is -1.33. The van der Waals surface area contributed by atoms with Gasteiger partial charge < -0.3 is 5.11 Å². The second kappa shape index (κ2) is 3.81. The third-order valence-electron chi connectivity index (χ3n) is 2.15. The molecule has 0 aliphatic rings. The second-order valence-corrected chi connectivity index (χ2v) is 3.73. The third kappa shape index (κ3) is 1.64. The summed E-state index contributed by atoms with van der Waals surface area (Å²) in [6.07, 6.45) is 0. The smallest absolute Gasteiger partial charge is 0.130 e. The summed E-state index contributed by atoms with van der Waals surface area (Å²) in [5.41, 5.74) is 1.91. The van der Waals surface area contributed by atoms with Crippen molar-refractivity contribution in [3.8, 4) is 16.9 Å². The van der Waals surface area contributed by atoms with E-state index in [1.807, 2.05) is 48.5 Å². The van der Waals surface area contributed by atoms with Gasteiger partial charge in [-0.3, -0.25) is 0 Å². The first-order valence-corrected chi connectivity index (χ1v) is 4.99. The van der Waals surface area contributed by atoms with Crippen LogP contribution in [0.3, 0.4) is 0 Å². The number of rotatable bonds is 1. The highest BCUT2D eigenvalue weighted by Gasteiger charge is 2.04. The molecule has 2 rings (SSSR count). The van der Waals surface area contributed by atoms with E-state index < -0.39 is 0 Å². The molecule has 2 aromatic rings. The van der Waals surface area contributed by atoms with Crippen LogP contribution in [0.5, 0.6) is 5.75 Å². The lowest BCUT2D eigenvalue weighted by Gasteiger charge is -2.06. The fourth-order valence-electron chi connectivity index (χ4n) is 1.41. The van der Waals surface area contributed by atoms with Gasteiger partial charge in [0.25, 0.3) is 0 Å². The molecule has 0 aliphatic carbocycles. The zero-order valence-corrected chi connectivity index (χ0v) is 8.80. The van der Waals surface area contributed by atoms with E-state index in [-0.39, 0.29) is 0 Å². The van der Waals surface area contributed by atoms with Crippen LogP contribution >= 0.6 is 9.24 Å². The Labute approximate surface area is 85.6 Å². The van der Waals surface area contributed by atoms with E-state index in [1.54, 1.807) is 0 Å². The molecule has 1 nitrogen and oxygen atoms in total. The Morgan fingerprint density at radius 1 is 0.857 bits per heavy atom. The Balaban J connectivity index is 2.58. The fraction of sp³-hybridized carbons (Fsp3) is 0. The summed E-state index contributed by atoms with van der Waals surface area (Å²) in [7, 11) is 2.52. The van der Waals surface area contributed by atoms with Crippen LogP contribution in [-0.2, 0) is 0 Å². The standard InChI is InChI=1S/C12H11OP/c13-12-10(7-4-8-11(12)14)9-5-2-1-3-6-9/h1-8,13H,14H2. The first kappa shape index (κ1) is 9.23. The van der Waals surface area contributed by atoms with Crippen LogP contribution in [0.15, 0.2) is 48.5 Å². The summed E-state index contributed by atoms with van der Waals surface area (Å²) in [5.74, 6) is 0.337. The van der Waals surface area contributed by atoms with Gasteiger partial charge in [0, 0.05) is 10.9 Å². The quantitative estimate of drug-likeness (QED) is 0.704. The Bertz CT molecular complexity index is 437. The van der Waals surface area contributed by atoms with E-state index in [0.29, 0.717) is 5.75 Å². The molecular weight excluding hydrogens is 191 g/mol. The number of hydrogen-bond acceptors (Lipinski definition) is 1. The molecule has 0 aliphatic heterocycles. The minimum absolute atomic E-state index is 0.337. The van der Waals surface area contributed by atoms with Crippen molar-refractivity contribution in [3.63, 3.8) is 0 Å². The molecule has 0 fully saturated rings. The van der Waals surface area contributed by atoms with Gasteiger partial charge in [-0.2, -0.15) is 0 Å². The monoisotopic (exact) mass is 202 g/mol. The zero-order chi connectivity index (χ0) is 9.97. The maximum absolute atomic E-state index is 9.83. The van der Waals surface area contributed by atoms with Gasteiger partial charge >= 0.3 is 0 Å². The molecule has 0 saturated carbocycles. The van der Waals surface area contributed by atoms with Crippen molar-refractivity contribution in [2.45, 2.75) is 0 Å². The van der Waals surface area contributed by atoms with E-state index in [1.165, 1.54) is 0 Å². The minimum Gasteiger partial charge on any atom is -0.507 e. The number of phenolic OH excluding ortho intramolecular Hbond substituents is 1. The van der Waals surface area contributed by atoms with Gasteiger partial charge in [-0.15, -0.1) is 9.24 Å². The van der Waals surface area contributed by atoms with Crippen LogP contribution in [0.2, 0.25) is 0 Å². The van der Waals surface area contributed by atoms with Crippen molar-refractivity contribution in [3.05, 3.63) is 48.5 Å². The highest BCUT2D eigenvalue weighted by molar-refractivity contribution is 7.27. The summed E-state index contributed by atoms with van der Waals surface area (Å²) in [6, 6.07) is 15.6. The molecule has 2 aromatic carbocycles. The molecule has 0 bridgehead atoms. The normalized spacial score (nSPS) is 10.1. The number of aromatic hydroxyl groups is 1. The van der Waals surface area contributed by atoms with Crippen LogP contribution in [0.25, 0.3) is 11.1 Å². The highest BCUT2D eigenvalue weighted by atomic mass is 31.0. The molecule has 1 atom stereocenters. The maximum Gasteiger partial charge on any atom is 0.130 e. The van der Waals surface area contributed by atoms with Gasteiger partial charge in [0.15, 0.2) is 0 Å². The molecule has 0 heterocycles. The minimum atomic E-state index is 0.337. The summed E-state index contributed by atoms with van der Waals surface area (Å²) in [5, 5.41) is 10.7. The van der Waals surface area contributed by atoms with Crippen molar-refractivity contribution >= 4 is 14.5 Å². The number of hydrogen-bond donors (Lipinski definition) is 1. The molecule has 70 valence electrons. The molecule has 14 heavy (non-hydrogen) atoms. The molecule has 1 N–H and O–H groups in total. The fourth-order valence-corrected chi connectivity index (χ4v) is 1.68. The van der Waals surface area contributed by atoms with Gasteiger partial charge in [0.1, 0.15) is 5.75 Å². The van der Waals surface area contributed by atoms with Gasteiger partial charge in [-0.25, -0.2) is 0 Å². The predicted molar refractivity (Wildman–Crippen MR) is 62.9 cm³/mol. The molecule has 0 spiro atoms.